The molecule has 2 N–H and O–H groups in total. The smallest absolute Gasteiger partial charge is 0.366 e. The zero-order valence-corrected chi connectivity index (χ0v) is 11.1. The molecule has 2 rings (SSSR count). The number of hydrogen-bond donors (Lipinski definition) is 1. The third kappa shape index (κ3) is 2.09. The van der Waals surface area contributed by atoms with E-state index in [-0.39, 0.29) is 22.0 Å². The minimum atomic E-state index is -4.64. The van der Waals surface area contributed by atoms with E-state index in [1.807, 2.05) is 0 Å². The van der Waals surface area contributed by atoms with E-state index in [9.17, 15) is 22.4 Å². The second-order valence-electron chi connectivity index (χ2n) is 3.97. The van der Waals surface area contributed by atoms with E-state index >= 15 is 0 Å². The molecular formula is C11H7BrF4N2O. The molecule has 1 aromatic heterocycles. The molecule has 1 heterocycles. The number of benzene rings is 1. The number of nitrogens with zero attached hydrogens (tertiary/aromatic N) is 1. The number of alkyl halides is 3. The number of aryl methyl sites for hydroxylation is 1. The van der Waals surface area contributed by atoms with Crippen molar-refractivity contribution in [3.63, 3.8) is 0 Å². The number of fused-ring (bicyclic) bond motifs is 1. The number of primary amides is 1. The topological polar surface area (TPSA) is 48.0 Å². The Bertz CT molecular complexity index is 690. The number of aromatic nitrogens is 1. The normalized spacial score (nSPS) is 12.1. The van der Waals surface area contributed by atoms with Crippen LogP contribution in [0.2, 0.25) is 0 Å². The van der Waals surface area contributed by atoms with Crippen LogP contribution in [0, 0.1) is 12.7 Å². The zero-order valence-electron chi connectivity index (χ0n) is 9.48. The molecule has 0 fully saturated rings. The Labute approximate surface area is 113 Å². The Morgan fingerprint density at radius 2 is 1.95 bits per heavy atom. The highest BCUT2D eigenvalue weighted by atomic mass is 79.9. The van der Waals surface area contributed by atoms with E-state index in [1.165, 1.54) is 6.92 Å². The molecule has 8 heteroatoms. The van der Waals surface area contributed by atoms with Crippen molar-refractivity contribution in [1.29, 1.82) is 0 Å². The lowest BCUT2D eigenvalue weighted by Gasteiger charge is -2.08. The molecule has 0 saturated carbocycles. The SMILES string of the molecule is Cc1c(C(F)(F)F)n(Br)c2c(C(N)=O)cc(F)cc12. The van der Waals surface area contributed by atoms with Gasteiger partial charge in [-0.15, -0.1) is 0 Å². The highest BCUT2D eigenvalue weighted by molar-refractivity contribution is 9.08. The lowest BCUT2D eigenvalue weighted by Crippen LogP contribution is -2.14. The van der Waals surface area contributed by atoms with Crippen molar-refractivity contribution >= 4 is 33.0 Å². The lowest BCUT2D eigenvalue weighted by molar-refractivity contribution is -0.141. The van der Waals surface area contributed by atoms with E-state index in [4.69, 9.17) is 5.73 Å². The van der Waals surface area contributed by atoms with Crippen LogP contribution in [0.1, 0.15) is 21.6 Å². The summed E-state index contributed by atoms with van der Waals surface area (Å²) in [5.74, 6) is -1.83. The molecule has 0 aliphatic heterocycles. The van der Waals surface area contributed by atoms with E-state index in [0.29, 0.717) is 3.59 Å². The third-order valence-electron chi connectivity index (χ3n) is 2.76. The molecule has 0 radical (unpaired) electrons. The zero-order chi connectivity index (χ0) is 14.5. The highest BCUT2D eigenvalue weighted by Crippen LogP contribution is 2.40. The Morgan fingerprint density at radius 1 is 1.37 bits per heavy atom. The van der Waals surface area contributed by atoms with Gasteiger partial charge in [0, 0.05) is 5.39 Å². The molecule has 3 nitrogen and oxygen atoms in total. The average Bonchev–Trinajstić information content (AvgIpc) is 2.49. The van der Waals surface area contributed by atoms with Gasteiger partial charge in [0.25, 0.3) is 5.91 Å². The van der Waals surface area contributed by atoms with E-state index < -0.39 is 23.6 Å². The first kappa shape index (κ1) is 13.9. The van der Waals surface area contributed by atoms with Gasteiger partial charge in [-0.25, -0.2) is 4.39 Å². The fraction of sp³-hybridized carbons (Fsp3) is 0.182. The molecule has 0 aliphatic carbocycles. The van der Waals surface area contributed by atoms with Gasteiger partial charge in [-0.05, 0) is 24.6 Å². The molecule has 0 aliphatic rings. The monoisotopic (exact) mass is 338 g/mol. The van der Waals surface area contributed by atoms with Crippen molar-refractivity contribution in [3.8, 4) is 0 Å². The first-order chi connectivity index (χ1) is 8.64. The summed E-state index contributed by atoms with van der Waals surface area (Å²) >= 11 is 2.75. The Kier molecular flexibility index (Phi) is 3.08. The van der Waals surface area contributed by atoms with Gasteiger partial charge in [0.1, 0.15) is 11.5 Å². The summed E-state index contributed by atoms with van der Waals surface area (Å²) in [4.78, 5) is 11.2. The van der Waals surface area contributed by atoms with Crippen LogP contribution < -0.4 is 5.73 Å². The summed E-state index contributed by atoms with van der Waals surface area (Å²) in [6.45, 7) is 1.20. The standard InChI is InChI=1S/C11H7BrF4N2O/c1-4-6-2-5(13)3-7(10(17)19)8(6)18(12)9(4)11(14,15)16/h2-3H,1H3,(H2,17,19). The van der Waals surface area contributed by atoms with Crippen LogP contribution in [-0.4, -0.2) is 9.50 Å². The van der Waals surface area contributed by atoms with Crippen LogP contribution >= 0.6 is 16.1 Å². The minimum absolute atomic E-state index is 0.0157. The van der Waals surface area contributed by atoms with Crippen LogP contribution in [0.3, 0.4) is 0 Å². The van der Waals surface area contributed by atoms with E-state index in [1.54, 1.807) is 0 Å². The quantitative estimate of drug-likeness (QED) is 0.796. The number of nitrogens with two attached hydrogens (primary N) is 1. The molecule has 19 heavy (non-hydrogen) atoms. The number of hydrogen-bond acceptors (Lipinski definition) is 1. The van der Waals surface area contributed by atoms with Crippen LogP contribution in [0.4, 0.5) is 17.6 Å². The van der Waals surface area contributed by atoms with Crippen molar-refractivity contribution in [2.24, 2.45) is 5.73 Å². The molecule has 0 spiro atoms. The molecule has 2 aromatic rings. The maximum atomic E-state index is 13.4. The number of halogens is 5. The van der Waals surface area contributed by atoms with Crippen molar-refractivity contribution in [2.45, 2.75) is 13.1 Å². The predicted molar refractivity (Wildman–Crippen MR) is 64.5 cm³/mol. The van der Waals surface area contributed by atoms with Crippen molar-refractivity contribution < 1.29 is 22.4 Å². The van der Waals surface area contributed by atoms with Gasteiger partial charge in [0.2, 0.25) is 0 Å². The molecule has 0 unspecified atom stereocenters. The Hall–Kier alpha value is -1.57. The Balaban J connectivity index is 3.00. The first-order valence-corrected chi connectivity index (χ1v) is 5.73. The van der Waals surface area contributed by atoms with E-state index in [0.717, 1.165) is 12.1 Å². The second kappa shape index (κ2) is 4.22. The van der Waals surface area contributed by atoms with Gasteiger partial charge in [-0.3, -0.25) is 8.39 Å². The van der Waals surface area contributed by atoms with Gasteiger partial charge >= 0.3 is 6.18 Å². The summed E-state index contributed by atoms with van der Waals surface area (Å²) < 4.78 is 52.8. The maximum absolute atomic E-state index is 13.4. The van der Waals surface area contributed by atoms with E-state index in [2.05, 4.69) is 16.1 Å². The van der Waals surface area contributed by atoms with Crippen LogP contribution in [0.15, 0.2) is 12.1 Å². The molecule has 1 aromatic carbocycles. The molecule has 0 saturated heterocycles. The van der Waals surface area contributed by atoms with Crippen LogP contribution in [-0.2, 0) is 6.18 Å². The molecular weight excluding hydrogens is 332 g/mol. The summed E-state index contributed by atoms with van der Waals surface area (Å²) in [5, 5.41) is -0.0157. The Morgan fingerprint density at radius 3 is 2.42 bits per heavy atom. The molecule has 0 bridgehead atoms. The summed E-state index contributed by atoms with van der Waals surface area (Å²) in [6, 6.07) is 1.74. The summed E-state index contributed by atoms with van der Waals surface area (Å²) in [7, 11) is 0. The number of amides is 1. The highest BCUT2D eigenvalue weighted by Gasteiger charge is 2.38. The summed E-state index contributed by atoms with van der Waals surface area (Å²) in [5.41, 5.74) is 3.47. The maximum Gasteiger partial charge on any atom is 0.432 e. The van der Waals surface area contributed by atoms with Crippen LogP contribution in [0.5, 0.6) is 0 Å². The van der Waals surface area contributed by atoms with Gasteiger partial charge < -0.3 is 5.73 Å². The van der Waals surface area contributed by atoms with Crippen LogP contribution in [0.25, 0.3) is 10.9 Å². The minimum Gasteiger partial charge on any atom is -0.366 e. The van der Waals surface area contributed by atoms with Crippen molar-refractivity contribution in [2.75, 3.05) is 0 Å². The molecule has 102 valence electrons. The largest absolute Gasteiger partial charge is 0.432 e. The number of carbonyl (C=O) groups excluding carboxylic acids is 1. The average molecular weight is 339 g/mol. The van der Waals surface area contributed by atoms with Gasteiger partial charge in [-0.2, -0.15) is 13.2 Å². The van der Waals surface area contributed by atoms with Gasteiger partial charge in [0.05, 0.1) is 27.2 Å². The predicted octanol–water partition coefficient (Wildman–Crippen LogP) is 3.36. The first-order valence-electron chi connectivity index (χ1n) is 5.02. The molecule has 0 atom stereocenters. The third-order valence-corrected chi connectivity index (χ3v) is 3.47. The fourth-order valence-corrected chi connectivity index (χ4v) is 2.84. The number of rotatable bonds is 1. The van der Waals surface area contributed by atoms with Crippen molar-refractivity contribution in [1.82, 2.24) is 3.59 Å². The molecule has 1 amide bonds. The number of carbonyl (C=O) groups is 1. The fourth-order valence-electron chi connectivity index (χ4n) is 1.99. The van der Waals surface area contributed by atoms with Crippen molar-refractivity contribution in [3.05, 3.63) is 34.8 Å². The van der Waals surface area contributed by atoms with Gasteiger partial charge in [-0.1, -0.05) is 0 Å². The van der Waals surface area contributed by atoms with Gasteiger partial charge in [0.15, 0.2) is 0 Å². The second-order valence-corrected chi connectivity index (χ2v) is 4.68. The lowest BCUT2D eigenvalue weighted by atomic mass is 10.1. The summed E-state index contributed by atoms with van der Waals surface area (Å²) in [6.07, 6.45) is -4.64.